The van der Waals surface area contributed by atoms with Gasteiger partial charge < -0.3 is 18.9 Å². The van der Waals surface area contributed by atoms with Gasteiger partial charge in [-0.05, 0) is 195 Å². The molecule has 0 saturated heterocycles. The summed E-state index contributed by atoms with van der Waals surface area (Å²) in [6.07, 6.45) is 0. The molecule has 5 heteroatoms. The zero-order valence-electron chi connectivity index (χ0n) is 55.8. The molecule has 0 atom stereocenters. The zero-order chi connectivity index (χ0) is 64.8. The molecule has 0 bridgehead atoms. The van der Waals surface area contributed by atoms with Crippen LogP contribution in [-0.2, 0) is 10.8 Å². The largest absolute Gasteiger partial charge is 0.310 e. The molecule has 0 saturated carbocycles. The number of hydrogen-bond donors (Lipinski definition) is 0. The van der Waals surface area contributed by atoms with E-state index >= 15 is 0 Å². The van der Waals surface area contributed by atoms with Gasteiger partial charge >= 0.3 is 0 Å². The normalized spacial score (nSPS) is 12.9. The number of rotatable bonds is 8. The smallest absolute Gasteiger partial charge is 0.252 e. The van der Waals surface area contributed by atoms with Crippen LogP contribution in [0.3, 0.4) is 0 Å². The van der Waals surface area contributed by atoms with Crippen LogP contribution >= 0.6 is 0 Å². The van der Waals surface area contributed by atoms with E-state index in [0.717, 1.165) is 67.8 Å². The van der Waals surface area contributed by atoms with Crippen LogP contribution in [-0.4, -0.2) is 15.8 Å². The first-order valence-corrected chi connectivity index (χ1v) is 33.7. The van der Waals surface area contributed by atoms with Crippen LogP contribution in [0.4, 0.5) is 34.1 Å². The summed E-state index contributed by atoms with van der Waals surface area (Å²) in [6.45, 7) is 22.8. The monoisotopic (exact) mass is 1220 g/mol. The van der Waals surface area contributed by atoms with Gasteiger partial charge in [0.15, 0.2) is 0 Å². The summed E-state index contributed by atoms with van der Waals surface area (Å²) in [5, 5.41) is 4.99. The van der Waals surface area contributed by atoms with Crippen LogP contribution in [0.5, 0.6) is 0 Å². The van der Waals surface area contributed by atoms with E-state index in [4.69, 9.17) is 0 Å². The highest BCUT2D eigenvalue weighted by molar-refractivity contribution is 7.00. The topological polar surface area (TPSA) is 16.3 Å². The van der Waals surface area contributed by atoms with Crippen LogP contribution in [0, 0.1) is 27.7 Å². The number of nitrogens with zero attached hydrogens (tertiary/aromatic N) is 4. The van der Waals surface area contributed by atoms with Gasteiger partial charge in [0, 0.05) is 77.9 Å². The molecule has 0 radical (unpaired) electrons. The molecule has 17 rings (SSSR count). The molecule has 458 valence electrons. The van der Waals surface area contributed by atoms with E-state index in [1.807, 2.05) is 0 Å². The zero-order valence-corrected chi connectivity index (χ0v) is 55.8. The maximum atomic E-state index is 2.69. The number of anilines is 6. The van der Waals surface area contributed by atoms with Gasteiger partial charge in [0.05, 0.1) is 33.4 Å². The Balaban J connectivity index is 1.05. The fourth-order valence-corrected chi connectivity index (χ4v) is 15.7. The Morgan fingerprint density at radius 3 is 0.853 bits per heavy atom. The maximum Gasteiger partial charge on any atom is 0.252 e. The first kappa shape index (κ1) is 58.0. The molecular weight excluding hydrogens is 1150 g/mol. The summed E-state index contributed by atoms with van der Waals surface area (Å²) in [5.41, 5.74) is 34.1. The summed E-state index contributed by atoms with van der Waals surface area (Å²) in [6, 6.07) is 105. The van der Waals surface area contributed by atoms with Crippen LogP contribution in [0.15, 0.2) is 273 Å². The fourth-order valence-electron chi connectivity index (χ4n) is 15.7. The minimum Gasteiger partial charge on any atom is -0.310 e. The lowest BCUT2D eigenvalue weighted by Gasteiger charge is -2.46. The van der Waals surface area contributed by atoms with E-state index in [9.17, 15) is 0 Å². The molecule has 4 nitrogen and oxygen atoms in total. The van der Waals surface area contributed by atoms with Gasteiger partial charge in [0.1, 0.15) is 0 Å². The second-order valence-electron chi connectivity index (χ2n) is 28.9. The third-order valence-electron chi connectivity index (χ3n) is 20.4. The molecule has 0 amide bonds. The van der Waals surface area contributed by atoms with Crippen molar-refractivity contribution in [3.63, 3.8) is 0 Å². The van der Waals surface area contributed by atoms with Gasteiger partial charge in [-0.15, -0.1) is 0 Å². The van der Waals surface area contributed by atoms with Crippen LogP contribution in [0.25, 0.3) is 99.5 Å². The molecule has 0 N–H and O–H groups in total. The number of aromatic nitrogens is 2. The van der Waals surface area contributed by atoms with Gasteiger partial charge in [-0.1, -0.05) is 230 Å². The third kappa shape index (κ3) is 9.41. The van der Waals surface area contributed by atoms with E-state index in [2.05, 4.69) is 361 Å². The summed E-state index contributed by atoms with van der Waals surface area (Å²) in [4.78, 5) is 5.38. The second-order valence-corrected chi connectivity index (χ2v) is 28.9. The first-order chi connectivity index (χ1) is 46.0. The van der Waals surface area contributed by atoms with Gasteiger partial charge in [-0.3, -0.25) is 0 Å². The predicted molar refractivity (Wildman–Crippen MR) is 407 cm³/mol. The van der Waals surface area contributed by atoms with Crippen LogP contribution in [0.2, 0.25) is 0 Å². The van der Waals surface area contributed by atoms with E-state index in [-0.39, 0.29) is 17.5 Å². The van der Waals surface area contributed by atoms with Crippen molar-refractivity contribution in [1.29, 1.82) is 0 Å². The SMILES string of the molecule is Cc1ccc2c3ccc(C)cc3n(-c3ccc4c(c3)N(c3c(-c5ccccc5)cc(C(C)(C)C)cc3-c3ccccc3)c3cccc5c3B4c3ccc(-n4c6cc(C)ccc6c6ccc(C)cc64)cc3N5c3c(-c4ccccc4)cc(C(C)(C)C)cc3-c3ccccc3)c2c1. The summed E-state index contributed by atoms with van der Waals surface area (Å²) >= 11 is 0. The number of benzene rings is 13. The molecule has 15 aromatic rings. The Morgan fingerprint density at radius 2 is 0.568 bits per heavy atom. The van der Waals surface area contributed by atoms with Crippen LogP contribution in [0.1, 0.15) is 74.9 Å². The highest BCUT2D eigenvalue weighted by Crippen LogP contribution is 2.55. The third-order valence-corrected chi connectivity index (χ3v) is 20.4. The fraction of sp³-hybridized carbons (Fsp3) is 0.133. The van der Waals surface area contributed by atoms with Crippen molar-refractivity contribution < 1.29 is 0 Å². The lowest BCUT2D eigenvalue weighted by atomic mass is 9.33. The Morgan fingerprint density at radius 1 is 0.274 bits per heavy atom. The number of fused-ring (bicyclic) bond motifs is 10. The second kappa shape index (κ2) is 21.9. The number of aryl methyl sites for hydroxylation is 4. The highest BCUT2D eigenvalue weighted by Gasteiger charge is 2.46. The lowest BCUT2D eigenvalue weighted by molar-refractivity contribution is 0.590. The molecule has 2 aromatic heterocycles. The predicted octanol–water partition coefficient (Wildman–Crippen LogP) is 22.5. The molecule has 4 heterocycles. The average molecular weight is 1220 g/mol. The highest BCUT2D eigenvalue weighted by atomic mass is 15.2. The van der Waals surface area contributed by atoms with Crippen molar-refractivity contribution in [3.05, 3.63) is 306 Å². The van der Waals surface area contributed by atoms with Crippen molar-refractivity contribution in [2.24, 2.45) is 0 Å². The van der Waals surface area contributed by atoms with Gasteiger partial charge in [-0.2, -0.15) is 0 Å². The summed E-state index contributed by atoms with van der Waals surface area (Å²) in [7, 11) is 0. The van der Waals surface area contributed by atoms with Crippen molar-refractivity contribution in [1.82, 2.24) is 9.13 Å². The Hall–Kier alpha value is -10.9. The summed E-state index contributed by atoms with van der Waals surface area (Å²) < 4.78 is 5.06. The molecule has 13 aromatic carbocycles. The van der Waals surface area contributed by atoms with Crippen molar-refractivity contribution in [2.45, 2.75) is 80.1 Å². The minimum absolute atomic E-state index is 0.169. The standard InChI is InChI=1S/C90H75BN4/c1-56-34-40-68-69-41-35-57(2)47-81(69)92(80(68)46-56)66-38-44-76-84(54-66)94(87-72(60-24-15-11-16-25-60)50-64(89(5,6)7)51-73(87)61-26-17-12-18-27-61)78-32-23-33-79-86(78)91(76)77-45-39-67(93-82-48-58(3)36-42-70(82)71-43-37-59(4)49-83(71)93)55-85(77)95(79)88-74(62-28-19-13-20-29-62)52-65(90(8,9)10)53-75(88)63-30-21-14-22-31-63/h11-55H,1-10H3. The van der Waals surface area contributed by atoms with E-state index in [0.29, 0.717) is 0 Å². The lowest BCUT2D eigenvalue weighted by Crippen LogP contribution is -2.61. The van der Waals surface area contributed by atoms with Crippen molar-refractivity contribution in [2.75, 3.05) is 9.80 Å². The van der Waals surface area contributed by atoms with Gasteiger partial charge in [-0.25, -0.2) is 0 Å². The molecule has 2 aliphatic rings. The Bertz CT molecular complexity index is 5020. The Labute approximate surface area is 558 Å². The van der Waals surface area contributed by atoms with Gasteiger partial charge in [0.25, 0.3) is 6.71 Å². The first-order valence-electron chi connectivity index (χ1n) is 33.7. The molecule has 0 aliphatic carbocycles. The van der Waals surface area contributed by atoms with Crippen LogP contribution < -0.4 is 26.2 Å². The molecule has 0 unspecified atom stereocenters. The van der Waals surface area contributed by atoms with E-state index < -0.39 is 0 Å². The molecule has 95 heavy (non-hydrogen) atoms. The average Bonchev–Trinajstić information content (AvgIpc) is 1.07. The van der Waals surface area contributed by atoms with Crippen molar-refractivity contribution in [3.8, 4) is 55.9 Å². The van der Waals surface area contributed by atoms with E-state index in [1.54, 1.807) is 0 Å². The quantitative estimate of drug-likeness (QED) is 0.141. The Kier molecular flexibility index (Phi) is 13.3. The van der Waals surface area contributed by atoms with Crippen molar-refractivity contribution >= 4 is 101 Å². The minimum atomic E-state index is -0.199. The molecule has 2 aliphatic heterocycles. The molecule has 0 spiro atoms. The summed E-state index contributed by atoms with van der Waals surface area (Å²) in [5.74, 6) is 0. The molecule has 0 fully saturated rings. The number of hydrogen-bond acceptors (Lipinski definition) is 2. The van der Waals surface area contributed by atoms with E-state index in [1.165, 1.54) is 116 Å². The van der Waals surface area contributed by atoms with Gasteiger partial charge in [0.2, 0.25) is 0 Å². The molecular formula is C90H75BN4. The maximum absolute atomic E-state index is 2.69.